The van der Waals surface area contributed by atoms with E-state index in [1.54, 1.807) is 6.20 Å². The molecule has 0 fully saturated rings. The highest BCUT2D eigenvalue weighted by Gasteiger charge is 2.00. The summed E-state index contributed by atoms with van der Waals surface area (Å²) < 4.78 is 5.80. The smallest absolute Gasteiger partial charge is 0.119 e. The molecule has 0 N–H and O–H groups in total. The zero-order chi connectivity index (χ0) is 18.7. The van der Waals surface area contributed by atoms with E-state index in [0.29, 0.717) is 0 Å². The number of rotatable bonds is 9. The summed E-state index contributed by atoms with van der Waals surface area (Å²) in [5.74, 6) is 0.935. The van der Waals surface area contributed by atoms with Crippen molar-refractivity contribution < 1.29 is 4.74 Å². The largest absolute Gasteiger partial charge is 0.494 e. The van der Waals surface area contributed by atoms with E-state index < -0.39 is 0 Å². The number of hydrogen-bond donors (Lipinski definition) is 0. The lowest BCUT2D eigenvalue weighted by molar-refractivity contribution is 0.305. The number of aromatic nitrogens is 2. The van der Waals surface area contributed by atoms with Gasteiger partial charge in [0.15, 0.2) is 0 Å². The van der Waals surface area contributed by atoms with E-state index in [4.69, 9.17) is 4.74 Å². The minimum Gasteiger partial charge on any atom is -0.494 e. The average molecular weight is 358 g/mol. The standard InChI is InChI=1S/C24H26N2O/c1-2-3-4-7-18-27-22-13-11-20(12-14-22)9-10-21-15-17-26-24(19-21)23-8-5-6-16-25-23/h5-6,8-17,19H,2-4,7,18H2,1H3/b10-9+. The van der Waals surface area contributed by atoms with Crippen LogP contribution in [0.3, 0.4) is 0 Å². The lowest BCUT2D eigenvalue weighted by Gasteiger charge is -2.06. The van der Waals surface area contributed by atoms with E-state index in [1.165, 1.54) is 19.3 Å². The van der Waals surface area contributed by atoms with Crippen molar-refractivity contribution in [3.05, 3.63) is 78.1 Å². The summed E-state index contributed by atoms with van der Waals surface area (Å²) in [4.78, 5) is 8.77. The van der Waals surface area contributed by atoms with Gasteiger partial charge in [-0.05, 0) is 53.9 Å². The molecule has 0 unspecified atom stereocenters. The summed E-state index contributed by atoms with van der Waals surface area (Å²) in [6.45, 7) is 3.01. The molecule has 27 heavy (non-hydrogen) atoms. The molecule has 0 aliphatic rings. The second-order valence-electron chi connectivity index (χ2n) is 6.50. The van der Waals surface area contributed by atoms with Crippen LogP contribution in [-0.4, -0.2) is 16.6 Å². The van der Waals surface area contributed by atoms with E-state index in [-0.39, 0.29) is 0 Å². The van der Waals surface area contributed by atoms with Gasteiger partial charge in [0.2, 0.25) is 0 Å². The molecule has 0 saturated heterocycles. The quantitative estimate of drug-likeness (QED) is 0.423. The Morgan fingerprint density at radius 2 is 1.59 bits per heavy atom. The number of pyridine rings is 2. The molecule has 3 aromatic rings. The molecule has 0 spiro atoms. The molecular weight excluding hydrogens is 332 g/mol. The second-order valence-corrected chi connectivity index (χ2v) is 6.50. The highest BCUT2D eigenvalue weighted by atomic mass is 16.5. The third-order valence-corrected chi connectivity index (χ3v) is 4.33. The van der Waals surface area contributed by atoms with Crippen LogP contribution in [0.2, 0.25) is 0 Å². The predicted molar refractivity (Wildman–Crippen MR) is 112 cm³/mol. The van der Waals surface area contributed by atoms with Gasteiger partial charge in [-0.25, -0.2) is 0 Å². The van der Waals surface area contributed by atoms with Crippen LogP contribution in [0.1, 0.15) is 43.7 Å². The minimum absolute atomic E-state index is 0.794. The van der Waals surface area contributed by atoms with Gasteiger partial charge < -0.3 is 4.74 Å². The number of unbranched alkanes of at least 4 members (excludes halogenated alkanes) is 3. The highest BCUT2D eigenvalue weighted by Crippen LogP contribution is 2.18. The Balaban J connectivity index is 1.58. The first kappa shape index (κ1) is 18.8. The Morgan fingerprint density at radius 1 is 0.778 bits per heavy atom. The van der Waals surface area contributed by atoms with Gasteiger partial charge in [0, 0.05) is 12.4 Å². The van der Waals surface area contributed by atoms with Crippen LogP contribution in [0.5, 0.6) is 5.75 Å². The van der Waals surface area contributed by atoms with Crippen molar-refractivity contribution in [2.75, 3.05) is 6.61 Å². The van der Waals surface area contributed by atoms with Gasteiger partial charge in [0.25, 0.3) is 0 Å². The Hall–Kier alpha value is -2.94. The van der Waals surface area contributed by atoms with Gasteiger partial charge in [0.05, 0.1) is 18.0 Å². The monoisotopic (exact) mass is 358 g/mol. The summed E-state index contributed by atoms with van der Waals surface area (Å²) in [6.07, 6.45) is 12.7. The normalized spacial score (nSPS) is 11.0. The topological polar surface area (TPSA) is 35.0 Å². The summed E-state index contributed by atoms with van der Waals surface area (Å²) in [6, 6.07) is 18.1. The van der Waals surface area contributed by atoms with Gasteiger partial charge >= 0.3 is 0 Å². The first-order valence-electron chi connectivity index (χ1n) is 9.63. The average Bonchev–Trinajstić information content (AvgIpc) is 2.74. The lowest BCUT2D eigenvalue weighted by atomic mass is 10.1. The maximum atomic E-state index is 5.80. The third kappa shape index (κ3) is 6.07. The van der Waals surface area contributed by atoms with E-state index in [9.17, 15) is 0 Å². The van der Waals surface area contributed by atoms with Crippen LogP contribution in [0, 0.1) is 0 Å². The minimum atomic E-state index is 0.794. The summed E-state index contributed by atoms with van der Waals surface area (Å²) in [5, 5.41) is 0. The maximum absolute atomic E-state index is 5.80. The van der Waals surface area contributed by atoms with Crippen molar-refractivity contribution >= 4 is 12.2 Å². The molecule has 3 nitrogen and oxygen atoms in total. The summed E-state index contributed by atoms with van der Waals surface area (Å²) in [5.41, 5.74) is 4.00. The molecule has 0 aliphatic heterocycles. The summed E-state index contributed by atoms with van der Waals surface area (Å²) in [7, 11) is 0. The van der Waals surface area contributed by atoms with Crippen LogP contribution >= 0.6 is 0 Å². The first-order chi connectivity index (χ1) is 13.3. The fourth-order valence-electron chi connectivity index (χ4n) is 2.79. The highest BCUT2D eigenvalue weighted by molar-refractivity contribution is 5.71. The number of hydrogen-bond acceptors (Lipinski definition) is 3. The van der Waals surface area contributed by atoms with Crippen molar-refractivity contribution in [3.8, 4) is 17.1 Å². The molecule has 0 aliphatic carbocycles. The van der Waals surface area contributed by atoms with Crippen LogP contribution < -0.4 is 4.74 Å². The predicted octanol–water partition coefficient (Wildman–Crippen LogP) is 6.27. The Morgan fingerprint density at radius 3 is 2.37 bits per heavy atom. The fourth-order valence-corrected chi connectivity index (χ4v) is 2.79. The number of benzene rings is 1. The molecule has 1 aromatic carbocycles. The van der Waals surface area contributed by atoms with Crippen molar-refractivity contribution in [1.82, 2.24) is 9.97 Å². The Labute approximate surface area is 161 Å². The maximum Gasteiger partial charge on any atom is 0.119 e. The van der Waals surface area contributed by atoms with Gasteiger partial charge in [0.1, 0.15) is 5.75 Å². The Kier molecular flexibility index (Phi) is 7.16. The third-order valence-electron chi connectivity index (χ3n) is 4.33. The zero-order valence-electron chi connectivity index (χ0n) is 15.8. The van der Waals surface area contributed by atoms with E-state index in [1.807, 2.05) is 48.7 Å². The first-order valence-corrected chi connectivity index (χ1v) is 9.63. The molecule has 0 radical (unpaired) electrons. The van der Waals surface area contributed by atoms with Crippen molar-refractivity contribution in [3.63, 3.8) is 0 Å². The molecule has 138 valence electrons. The van der Waals surface area contributed by atoms with Crippen LogP contribution in [0.4, 0.5) is 0 Å². The van der Waals surface area contributed by atoms with Gasteiger partial charge in [-0.15, -0.1) is 0 Å². The molecule has 0 amide bonds. The number of ether oxygens (including phenoxy) is 1. The van der Waals surface area contributed by atoms with Crippen LogP contribution in [0.25, 0.3) is 23.5 Å². The molecule has 3 rings (SSSR count). The molecule has 2 heterocycles. The fraction of sp³-hybridized carbons (Fsp3) is 0.250. The van der Waals surface area contributed by atoms with Crippen molar-refractivity contribution in [2.24, 2.45) is 0 Å². The van der Waals surface area contributed by atoms with Gasteiger partial charge in [-0.2, -0.15) is 0 Å². The lowest BCUT2D eigenvalue weighted by Crippen LogP contribution is -1.96. The molecule has 0 saturated carbocycles. The van der Waals surface area contributed by atoms with E-state index >= 15 is 0 Å². The summed E-state index contributed by atoms with van der Waals surface area (Å²) >= 11 is 0. The van der Waals surface area contributed by atoms with E-state index in [2.05, 4.69) is 41.2 Å². The molecule has 0 atom stereocenters. The van der Waals surface area contributed by atoms with Gasteiger partial charge in [-0.3, -0.25) is 9.97 Å². The Bertz CT molecular complexity index is 842. The molecule has 0 bridgehead atoms. The van der Waals surface area contributed by atoms with Gasteiger partial charge in [-0.1, -0.05) is 56.5 Å². The van der Waals surface area contributed by atoms with Crippen LogP contribution in [0.15, 0.2) is 67.0 Å². The SMILES string of the molecule is CCCCCCOc1ccc(/C=C/c2ccnc(-c3ccccn3)c2)cc1. The molecule has 3 heteroatoms. The van der Waals surface area contributed by atoms with Crippen molar-refractivity contribution in [2.45, 2.75) is 32.6 Å². The second kappa shape index (κ2) is 10.3. The molecule has 2 aromatic heterocycles. The number of nitrogens with zero attached hydrogens (tertiary/aromatic N) is 2. The molecular formula is C24H26N2O. The zero-order valence-corrected chi connectivity index (χ0v) is 15.8. The van der Waals surface area contributed by atoms with Crippen LogP contribution in [-0.2, 0) is 0 Å². The van der Waals surface area contributed by atoms with Crippen molar-refractivity contribution in [1.29, 1.82) is 0 Å². The van der Waals surface area contributed by atoms with E-state index in [0.717, 1.165) is 41.3 Å².